The van der Waals surface area contributed by atoms with Gasteiger partial charge in [0, 0.05) is 24.5 Å². The van der Waals surface area contributed by atoms with Gasteiger partial charge in [0.05, 0.1) is 17.0 Å². The first kappa shape index (κ1) is 17.9. The maximum absolute atomic E-state index is 12.7. The van der Waals surface area contributed by atoms with Gasteiger partial charge in [-0.25, -0.2) is 4.98 Å². The summed E-state index contributed by atoms with van der Waals surface area (Å²) in [5.74, 6) is 0.989. The summed E-state index contributed by atoms with van der Waals surface area (Å²) in [6, 6.07) is 16.4. The number of piperidine rings is 1. The van der Waals surface area contributed by atoms with Crippen LogP contribution in [0.4, 0.5) is 5.95 Å². The Morgan fingerprint density at radius 1 is 1.26 bits per heavy atom. The van der Waals surface area contributed by atoms with Gasteiger partial charge in [0.2, 0.25) is 11.9 Å². The second kappa shape index (κ2) is 8.05. The number of nitrogens with zero attached hydrogens (tertiary/aromatic N) is 2. The van der Waals surface area contributed by atoms with Crippen molar-refractivity contribution < 1.29 is 4.79 Å². The predicted molar refractivity (Wildman–Crippen MR) is 111 cm³/mol. The lowest BCUT2D eigenvalue weighted by atomic mass is 9.97. The van der Waals surface area contributed by atoms with Crippen LogP contribution in [0.5, 0.6) is 0 Å². The topological polar surface area (TPSA) is 61.0 Å². The van der Waals surface area contributed by atoms with E-state index in [4.69, 9.17) is 0 Å². The second-order valence-corrected chi connectivity index (χ2v) is 7.81. The van der Waals surface area contributed by atoms with E-state index in [-0.39, 0.29) is 11.8 Å². The molecule has 0 radical (unpaired) electrons. The minimum Gasteiger partial charge on any atom is -0.352 e. The van der Waals surface area contributed by atoms with Crippen molar-refractivity contribution in [3.63, 3.8) is 0 Å². The molecule has 1 aromatic heterocycles. The van der Waals surface area contributed by atoms with Crippen LogP contribution in [-0.2, 0) is 11.3 Å². The number of hydrogen-bond acceptors (Lipinski definition) is 4. The van der Waals surface area contributed by atoms with Crippen molar-refractivity contribution in [1.82, 2.24) is 15.3 Å². The molecule has 0 bridgehead atoms. The van der Waals surface area contributed by atoms with Crippen LogP contribution in [0.15, 0.2) is 53.4 Å². The van der Waals surface area contributed by atoms with Crippen LogP contribution in [0.25, 0.3) is 11.0 Å². The lowest BCUT2D eigenvalue weighted by Gasteiger charge is -2.31. The number of fused-ring (bicyclic) bond motifs is 1. The Bertz CT molecular complexity index is 888. The van der Waals surface area contributed by atoms with Crippen molar-refractivity contribution in [2.45, 2.75) is 24.3 Å². The minimum absolute atomic E-state index is 0.00238. The number of carbonyl (C=O) groups is 1. The monoisotopic (exact) mass is 380 g/mol. The Kier molecular flexibility index (Phi) is 5.34. The average Bonchev–Trinajstić information content (AvgIpc) is 3.17. The van der Waals surface area contributed by atoms with Crippen LogP contribution in [-0.4, -0.2) is 35.2 Å². The number of rotatable bonds is 5. The number of H-pyrrole nitrogens is 1. The highest BCUT2D eigenvalue weighted by Crippen LogP contribution is 2.23. The number of carbonyl (C=O) groups excluding carboxylic acids is 1. The van der Waals surface area contributed by atoms with Crippen LogP contribution in [0.1, 0.15) is 18.4 Å². The van der Waals surface area contributed by atoms with Crippen molar-refractivity contribution in [2.75, 3.05) is 24.2 Å². The Balaban J connectivity index is 1.37. The number of hydrogen-bond donors (Lipinski definition) is 2. The van der Waals surface area contributed by atoms with Gasteiger partial charge < -0.3 is 15.2 Å². The number of benzene rings is 2. The molecule has 4 rings (SSSR count). The zero-order valence-electron chi connectivity index (χ0n) is 15.4. The summed E-state index contributed by atoms with van der Waals surface area (Å²) in [5, 5.41) is 3.10. The van der Waals surface area contributed by atoms with Crippen LogP contribution >= 0.6 is 11.8 Å². The Morgan fingerprint density at radius 3 is 2.85 bits per heavy atom. The number of aromatic amines is 1. The Morgan fingerprint density at radius 2 is 2.07 bits per heavy atom. The van der Waals surface area contributed by atoms with E-state index < -0.39 is 0 Å². The molecular weight excluding hydrogens is 356 g/mol. The van der Waals surface area contributed by atoms with Crippen molar-refractivity contribution in [1.29, 1.82) is 0 Å². The van der Waals surface area contributed by atoms with Gasteiger partial charge in [-0.15, -0.1) is 11.8 Å². The highest BCUT2D eigenvalue weighted by atomic mass is 32.2. The molecule has 140 valence electrons. The van der Waals surface area contributed by atoms with Gasteiger partial charge in [0.1, 0.15) is 0 Å². The van der Waals surface area contributed by atoms with Crippen LogP contribution in [0.3, 0.4) is 0 Å². The first-order chi connectivity index (χ1) is 13.2. The number of thioether (sulfide) groups is 1. The second-order valence-electron chi connectivity index (χ2n) is 6.93. The Hall–Kier alpha value is -2.47. The highest BCUT2D eigenvalue weighted by molar-refractivity contribution is 7.98. The zero-order chi connectivity index (χ0) is 18.6. The van der Waals surface area contributed by atoms with E-state index in [9.17, 15) is 4.79 Å². The molecular formula is C21H24N4OS. The van der Waals surface area contributed by atoms with E-state index in [1.54, 1.807) is 11.8 Å². The van der Waals surface area contributed by atoms with E-state index in [1.165, 1.54) is 4.90 Å². The molecule has 3 aromatic rings. The van der Waals surface area contributed by atoms with Gasteiger partial charge >= 0.3 is 0 Å². The third-order valence-corrected chi connectivity index (χ3v) is 5.84. The van der Waals surface area contributed by atoms with E-state index in [0.29, 0.717) is 13.1 Å². The number of aromatic nitrogens is 2. The van der Waals surface area contributed by atoms with Gasteiger partial charge in [0.25, 0.3) is 0 Å². The molecule has 1 saturated heterocycles. The van der Waals surface area contributed by atoms with Crippen molar-refractivity contribution in [3.05, 3.63) is 54.1 Å². The lowest BCUT2D eigenvalue weighted by molar-refractivity contribution is -0.125. The van der Waals surface area contributed by atoms with E-state index >= 15 is 0 Å². The summed E-state index contributed by atoms with van der Waals surface area (Å²) in [6.07, 6.45) is 3.99. The largest absolute Gasteiger partial charge is 0.352 e. The number of anilines is 1. The van der Waals surface area contributed by atoms with Gasteiger partial charge in [-0.3, -0.25) is 4.79 Å². The summed E-state index contributed by atoms with van der Waals surface area (Å²) in [6.45, 7) is 2.21. The summed E-state index contributed by atoms with van der Waals surface area (Å²) in [7, 11) is 0. The summed E-state index contributed by atoms with van der Waals surface area (Å²) in [4.78, 5) is 24.2. The third kappa shape index (κ3) is 4.11. The lowest BCUT2D eigenvalue weighted by Crippen LogP contribution is -2.43. The summed E-state index contributed by atoms with van der Waals surface area (Å²) >= 11 is 1.72. The molecule has 0 saturated carbocycles. The zero-order valence-corrected chi connectivity index (χ0v) is 16.3. The number of para-hydroxylation sites is 2. The minimum atomic E-state index is -0.00238. The molecule has 2 heterocycles. The van der Waals surface area contributed by atoms with Crippen molar-refractivity contribution in [2.24, 2.45) is 5.92 Å². The molecule has 1 atom stereocenters. The molecule has 0 spiro atoms. The highest BCUT2D eigenvalue weighted by Gasteiger charge is 2.27. The fourth-order valence-electron chi connectivity index (χ4n) is 3.55. The molecule has 0 aliphatic carbocycles. The normalized spacial score (nSPS) is 17.2. The average molecular weight is 381 g/mol. The number of nitrogens with one attached hydrogen (secondary N) is 2. The van der Waals surface area contributed by atoms with Gasteiger partial charge in [-0.05, 0) is 48.9 Å². The van der Waals surface area contributed by atoms with Crippen LogP contribution in [0.2, 0.25) is 0 Å². The molecule has 1 fully saturated rings. The van der Waals surface area contributed by atoms with Gasteiger partial charge in [-0.2, -0.15) is 0 Å². The van der Waals surface area contributed by atoms with E-state index in [0.717, 1.165) is 41.9 Å². The maximum Gasteiger partial charge on any atom is 0.225 e. The Labute approximate surface area is 163 Å². The maximum atomic E-state index is 12.7. The first-order valence-electron chi connectivity index (χ1n) is 9.33. The predicted octanol–water partition coefficient (Wildman–Crippen LogP) is 3.82. The summed E-state index contributed by atoms with van der Waals surface area (Å²) in [5.41, 5.74) is 3.13. The molecule has 1 amide bonds. The fraction of sp³-hybridized carbons (Fsp3) is 0.333. The van der Waals surface area contributed by atoms with Gasteiger partial charge in [0.15, 0.2) is 0 Å². The van der Waals surface area contributed by atoms with E-state index in [1.807, 2.05) is 24.3 Å². The molecule has 6 heteroatoms. The van der Waals surface area contributed by atoms with Gasteiger partial charge in [-0.1, -0.05) is 24.3 Å². The SMILES string of the molecule is CSc1ccc(CNC(=O)C2CCCN(c3nc4ccccc4[nH]3)C2)cc1. The standard InChI is InChI=1S/C21H24N4OS/c1-27-17-10-8-15(9-11-17)13-22-20(26)16-5-4-12-25(14-16)21-23-18-6-2-3-7-19(18)24-21/h2-3,6-11,16H,4-5,12-14H2,1H3,(H,22,26)(H,23,24). The van der Waals surface area contributed by atoms with Crippen molar-refractivity contribution >= 4 is 34.7 Å². The van der Waals surface area contributed by atoms with Crippen LogP contribution in [0, 0.1) is 5.92 Å². The first-order valence-corrected chi connectivity index (χ1v) is 10.6. The van der Waals surface area contributed by atoms with E-state index in [2.05, 4.69) is 50.7 Å². The molecule has 2 aromatic carbocycles. The van der Waals surface area contributed by atoms with Crippen molar-refractivity contribution in [3.8, 4) is 0 Å². The molecule has 1 unspecified atom stereocenters. The molecule has 1 aliphatic heterocycles. The molecule has 5 nitrogen and oxygen atoms in total. The fourth-order valence-corrected chi connectivity index (χ4v) is 3.96. The smallest absolute Gasteiger partial charge is 0.225 e. The molecule has 2 N–H and O–H groups in total. The summed E-state index contributed by atoms with van der Waals surface area (Å²) < 4.78 is 0. The number of amides is 1. The molecule has 1 aliphatic rings. The number of imidazole rings is 1. The molecule has 27 heavy (non-hydrogen) atoms. The quantitative estimate of drug-likeness (QED) is 0.661. The van der Waals surface area contributed by atoms with Crippen LogP contribution < -0.4 is 10.2 Å². The third-order valence-electron chi connectivity index (χ3n) is 5.09.